The van der Waals surface area contributed by atoms with Crippen LogP contribution in [0.25, 0.3) is 0 Å². The molecule has 0 bridgehead atoms. The van der Waals surface area contributed by atoms with Crippen molar-refractivity contribution in [3.8, 4) is 0 Å². The lowest BCUT2D eigenvalue weighted by Crippen LogP contribution is -2.27. The summed E-state index contributed by atoms with van der Waals surface area (Å²) in [6.45, 7) is 0.167. The van der Waals surface area contributed by atoms with Crippen molar-refractivity contribution in [3.63, 3.8) is 0 Å². The molecular weight excluding hydrogens is 264 g/mol. The Morgan fingerprint density at radius 1 is 1.20 bits per heavy atom. The van der Waals surface area contributed by atoms with Crippen LogP contribution in [0.4, 0.5) is 0 Å². The first-order valence-electron chi connectivity index (χ1n) is 5.74. The molecule has 0 saturated heterocycles. The van der Waals surface area contributed by atoms with Crippen LogP contribution in [0.1, 0.15) is 10.4 Å². The quantitative estimate of drug-likeness (QED) is 0.450. The summed E-state index contributed by atoms with van der Waals surface area (Å²) in [6, 6.07) is 3.14. The lowest BCUT2D eigenvalue weighted by Gasteiger charge is -2.05. The lowest BCUT2D eigenvalue weighted by atomic mass is 10.2. The molecule has 1 N–H and O–H groups in total. The molecular formula is C13H14N2O5. The van der Waals surface area contributed by atoms with Gasteiger partial charge < -0.3 is 14.8 Å². The summed E-state index contributed by atoms with van der Waals surface area (Å²) in [7, 11) is 1.20. The van der Waals surface area contributed by atoms with Crippen LogP contribution < -0.4 is 5.32 Å². The van der Waals surface area contributed by atoms with Gasteiger partial charge in [-0.15, -0.1) is 0 Å². The van der Waals surface area contributed by atoms with Crippen LogP contribution in [0.5, 0.6) is 0 Å². The molecule has 7 heteroatoms. The van der Waals surface area contributed by atoms with Crippen molar-refractivity contribution in [2.24, 2.45) is 0 Å². The van der Waals surface area contributed by atoms with Crippen molar-refractivity contribution in [3.05, 3.63) is 42.2 Å². The van der Waals surface area contributed by atoms with Gasteiger partial charge in [0.2, 0.25) is 0 Å². The highest BCUT2D eigenvalue weighted by Crippen LogP contribution is 1.95. The number of amides is 1. The first-order valence-corrected chi connectivity index (χ1v) is 5.74. The second-order valence-corrected chi connectivity index (χ2v) is 3.52. The summed E-state index contributed by atoms with van der Waals surface area (Å²) in [5.41, 5.74) is 0.469. The van der Waals surface area contributed by atoms with Gasteiger partial charge in [-0.3, -0.25) is 9.78 Å². The number of methoxy groups -OCH3 is 1. The minimum absolute atomic E-state index is 0.00116. The van der Waals surface area contributed by atoms with E-state index in [0.29, 0.717) is 5.56 Å². The molecule has 20 heavy (non-hydrogen) atoms. The Balaban J connectivity index is 2.22. The fraction of sp³-hybridized carbons (Fsp3) is 0.231. The summed E-state index contributed by atoms with van der Waals surface area (Å²) in [6.07, 6.45) is 4.92. The van der Waals surface area contributed by atoms with E-state index in [4.69, 9.17) is 4.74 Å². The molecule has 1 heterocycles. The zero-order valence-electron chi connectivity index (χ0n) is 10.9. The minimum Gasteiger partial charge on any atom is -0.466 e. The van der Waals surface area contributed by atoms with Gasteiger partial charge in [0.15, 0.2) is 0 Å². The van der Waals surface area contributed by atoms with Crippen molar-refractivity contribution in [1.29, 1.82) is 0 Å². The Morgan fingerprint density at radius 2 is 1.85 bits per heavy atom. The molecule has 0 fully saturated rings. The fourth-order valence-corrected chi connectivity index (χ4v) is 1.17. The maximum Gasteiger partial charge on any atom is 0.331 e. The number of carbonyl (C=O) groups excluding carboxylic acids is 3. The molecule has 0 saturated carbocycles. The molecule has 0 aromatic carbocycles. The molecule has 1 aromatic rings. The largest absolute Gasteiger partial charge is 0.466 e. The van der Waals surface area contributed by atoms with Crippen LogP contribution in [0.15, 0.2) is 36.7 Å². The number of nitrogens with zero attached hydrogens (tertiary/aromatic N) is 1. The van der Waals surface area contributed by atoms with Crippen molar-refractivity contribution < 1.29 is 23.9 Å². The SMILES string of the molecule is COC(=O)C=CC(=O)OCCNC(=O)c1ccncc1. The van der Waals surface area contributed by atoms with Crippen molar-refractivity contribution >= 4 is 17.8 Å². The second-order valence-electron chi connectivity index (χ2n) is 3.52. The van der Waals surface area contributed by atoms with E-state index >= 15 is 0 Å². The van der Waals surface area contributed by atoms with Gasteiger partial charge in [-0.05, 0) is 12.1 Å². The molecule has 106 valence electrons. The molecule has 0 unspecified atom stereocenters. The minimum atomic E-state index is -0.687. The van der Waals surface area contributed by atoms with Crippen LogP contribution in [0.3, 0.4) is 0 Å². The Hall–Kier alpha value is -2.70. The van der Waals surface area contributed by atoms with E-state index in [1.807, 2.05) is 0 Å². The highest BCUT2D eigenvalue weighted by molar-refractivity contribution is 5.94. The van der Waals surface area contributed by atoms with Crippen LogP contribution in [0.2, 0.25) is 0 Å². The molecule has 0 spiro atoms. The van der Waals surface area contributed by atoms with Crippen LogP contribution in [-0.4, -0.2) is 43.1 Å². The highest BCUT2D eigenvalue weighted by Gasteiger charge is 2.04. The summed E-state index contributed by atoms with van der Waals surface area (Å²) >= 11 is 0. The lowest BCUT2D eigenvalue weighted by molar-refractivity contribution is -0.139. The Labute approximate surface area is 115 Å². The number of esters is 2. The first kappa shape index (κ1) is 15.4. The molecule has 1 aromatic heterocycles. The van der Waals surface area contributed by atoms with E-state index in [1.54, 1.807) is 12.1 Å². The van der Waals surface area contributed by atoms with Crippen LogP contribution >= 0.6 is 0 Å². The monoisotopic (exact) mass is 278 g/mol. The molecule has 1 amide bonds. The zero-order valence-corrected chi connectivity index (χ0v) is 10.9. The topological polar surface area (TPSA) is 94.6 Å². The smallest absolute Gasteiger partial charge is 0.331 e. The molecule has 0 radical (unpaired) electrons. The predicted molar refractivity (Wildman–Crippen MR) is 68.7 cm³/mol. The van der Waals surface area contributed by atoms with Crippen molar-refractivity contribution in [1.82, 2.24) is 10.3 Å². The number of hydrogen-bond donors (Lipinski definition) is 1. The Morgan fingerprint density at radius 3 is 2.50 bits per heavy atom. The maximum absolute atomic E-state index is 11.6. The zero-order chi connectivity index (χ0) is 14.8. The number of rotatable bonds is 6. The second kappa shape index (κ2) is 8.41. The van der Waals surface area contributed by atoms with Gasteiger partial charge in [-0.25, -0.2) is 9.59 Å². The van der Waals surface area contributed by atoms with Gasteiger partial charge in [0, 0.05) is 30.1 Å². The average Bonchev–Trinajstić information content (AvgIpc) is 2.49. The van der Waals surface area contributed by atoms with E-state index in [-0.39, 0.29) is 19.1 Å². The molecule has 0 aliphatic heterocycles. The maximum atomic E-state index is 11.6. The Bertz CT molecular complexity index is 499. The summed E-state index contributed by atoms with van der Waals surface area (Å²) in [5.74, 6) is -1.62. The van der Waals surface area contributed by atoms with Gasteiger partial charge in [-0.1, -0.05) is 0 Å². The van der Waals surface area contributed by atoms with E-state index in [2.05, 4.69) is 15.0 Å². The molecule has 0 atom stereocenters. The van der Waals surface area contributed by atoms with Gasteiger partial charge in [0.05, 0.1) is 13.7 Å². The third-order valence-corrected chi connectivity index (χ3v) is 2.13. The van der Waals surface area contributed by atoms with Gasteiger partial charge in [0.1, 0.15) is 6.61 Å². The van der Waals surface area contributed by atoms with E-state index < -0.39 is 11.9 Å². The standard InChI is InChI=1S/C13H14N2O5/c1-19-11(16)2-3-12(17)20-9-8-15-13(18)10-4-6-14-7-5-10/h2-7H,8-9H2,1H3,(H,15,18). The van der Waals surface area contributed by atoms with E-state index in [9.17, 15) is 14.4 Å². The number of carbonyl (C=O) groups is 3. The van der Waals surface area contributed by atoms with E-state index in [1.165, 1.54) is 19.5 Å². The number of ether oxygens (including phenoxy) is 2. The van der Waals surface area contributed by atoms with Gasteiger partial charge in [0.25, 0.3) is 5.91 Å². The Kier molecular flexibility index (Phi) is 6.46. The van der Waals surface area contributed by atoms with Crippen molar-refractivity contribution in [2.45, 2.75) is 0 Å². The first-order chi connectivity index (χ1) is 9.63. The number of hydrogen-bond acceptors (Lipinski definition) is 6. The normalized spacial score (nSPS) is 10.1. The summed E-state index contributed by atoms with van der Waals surface area (Å²) in [4.78, 5) is 37.2. The van der Waals surface area contributed by atoms with Gasteiger partial charge >= 0.3 is 11.9 Å². The van der Waals surface area contributed by atoms with Crippen LogP contribution in [-0.2, 0) is 19.1 Å². The number of aromatic nitrogens is 1. The fourth-order valence-electron chi connectivity index (χ4n) is 1.17. The molecule has 0 aliphatic rings. The van der Waals surface area contributed by atoms with Gasteiger partial charge in [-0.2, -0.15) is 0 Å². The third-order valence-electron chi connectivity index (χ3n) is 2.13. The molecule has 7 nitrogen and oxygen atoms in total. The molecule has 1 rings (SSSR count). The third kappa shape index (κ3) is 5.76. The van der Waals surface area contributed by atoms with Crippen molar-refractivity contribution in [2.75, 3.05) is 20.3 Å². The number of nitrogens with one attached hydrogen (secondary N) is 1. The predicted octanol–water partition coefficient (Wildman–Crippen LogP) is 0.0838. The van der Waals surface area contributed by atoms with E-state index in [0.717, 1.165) is 12.2 Å². The average molecular weight is 278 g/mol. The number of pyridine rings is 1. The summed E-state index contributed by atoms with van der Waals surface area (Å²) in [5, 5.41) is 2.57. The summed E-state index contributed by atoms with van der Waals surface area (Å²) < 4.78 is 9.07. The molecule has 0 aliphatic carbocycles. The van der Waals surface area contributed by atoms with Crippen LogP contribution in [0, 0.1) is 0 Å². The highest BCUT2D eigenvalue weighted by atomic mass is 16.5.